The molecule has 0 spiro atoms. The van der Waals surface area contributed by atoms with Gasteiger partial charge in [-0.2, -0.15) is 0 Å². The summed E-state index contributed by atoms with van der Waals surface area (Å²) in [7, 11) is 0. The maximum atomic E-state index is 17.0. The van der Waals surface area contributed by atoms with Gasteiger partial charge in [-0.3, -0.25) is 9.59 Å². The third-order valence-electron chi connectivity index (χ3n) is 8.96. The van der Waals surface area contributed by atoms with Crippen LogP contribution in [0.2, 0.25) is 0 Å². The standard InChI is InChI=1S/C22H30FNO6/c1-19-7-4-14(25)10-13(19)2-3-16-15-5-8-21(29,9-6-18(27)28)20(15,12-24-30)11-17(26)22(16,19)23/h10,12,15-17,26,29-30H,2-9,11H2,1H3,(H,27,28)/b24-12+/t15-,16-,17-,19-,20+,21+,22-/m0/s1. The van der Waals surface area contributed by atoms with Crippen LogP contribution in [0.4, 0.5) is 4.39 Å². The predicted octanol–water partition coefficient (Wildman–Crippen LogP) is 2.62. The van der Waals surface area contributed by atoms with Gasteiger partial charge in [0.25, 0.3) is 0 Å². The fourth-order valence-corrected chi connectivity index (χ4v) is 7.43. The molecule has 0 saturated heterocycles. The van der Waals surface area contributed by atoms with Gasteiger partial charge in [0.1, 0.15) is 5.67 Å². The van der Waals surface area contributed by atoms with Crippen LogP contribution in [0, 0.1) is 22.7 Å². The highest BCUT2D eigenvalue weighted by atomic mass is 19.1. The van der Waals surface area contributed by atoms with Crippen molar-refractivity contribution in [3.63, 3.8) is 0 Å². The first kappa shape index (κ1) is 21.4. The maximum absolute atomic E-state index is 17.0. The minimum absolute atomic E-state index is 0.0134. The van der Waals surface area contributed by atoms with Crippen LogP contribution in [0.25, 0.3) is 0 Å². The lowest BCUT2D eigenvalue weighted by molar-refractivity contribution is -0.214. The number of aliphatic hydroxyl groups excluding tert-OH is 1. The number of hydrogen-bond acceptors (Lipinski definition) is 6. The molecule has 0 aromatic rings. The second kappa shape index (κ2) is 6.85. The lowest BCUT2D eigenvalue weighted by Gasteiger charge is -2.63. The zero-order valence-corrected chi connectivity index (χ0v) is 17.2. The molecule has 4 aliphatic rings. The number of aliphatic hydroxyl groups is 2. The minimum atomic E-state index is -1.96. The molecule has 0 bridgehead atoms. The van der Waals surface area contributed by atoms with Gasteiger partial charge in [0.05, 0.1) is 17.9 Å². The summed E-state index contributed by atoms with van der Waals surface area (Å²) in [5.74, 6) is -2.04. The number of allylic oxidation sites excluding steroid dienone is 1. The summed E-state index contributed by atoms with van der Waals surface area (Å²) in [6, 6.07) is 0. The van der Waals surface area contributed by atoms with Gasteiger partial charge in [0, 0.05) is 29.6 Å². The smallest absolute Gasteiger partial charge is 0.303 e. The van der Waals surface area contributed by atoms with Gasteiger partial charge in [0.15, 0.2) is 5.78 Å². The van der Waals surface area contributed by atoms with E-state index in [0.29, 0.717) is 25.7 Å². The molecule has 0 aliphatic heterocycles. The first-order chi connectivity index (χ1) is 14.0. The number of aliphatic carboxylic acids is 1. The third-order valence-corrected chi connectivity index (χ3v) is 8.96. The van der Waals surface area contributed by atoms with Crippen LogP contribution in [-0.4, -0.2) is 55.9 Å². The average Bonchev–Trinajstić information content (AvgIpc) is 2.95. The van der Waals surface area contributed by atoms with Gasteiger partial charge in [-0.1, -0.05) is 12.5 Å². The maximum Gasteiger partial charge on any atom is 0.303 e. The predicted molar refractivity (Wildman–Crippen MR) is 105 cm³/mol. The molecule has 8 heteroatoms. The van der Waals surface area contributed by atoms with E-state index in [-0.39, 0.29) is 37.9 Å². The van der Waals surface area contributed by atoms with Crippen molar-refractivity contribution >= 4 is 18.0 Å². The van der Waals surface area contributed by atoms with Crippen molar-refractivity contribution in [1.82, 2.24) is 0 Å². The largest absolute Gasteiger partial charge is 0.481 e. The van der Waals surface area contributed by atoms with Crippen LogP contribution < -0.4 is 0 Å². The number of carbonyl (C=O) groups excluding carboxylic acids is 1. The average molecular weight is 423 g/mol. The summed E-state index contributed by atoms with van der Waals surface area (Å²) in [6.45, 7) is 1.79. The lowest BCUT2D eigenvalue weighted by atomic mass is 9.43. The highest BCUT2D eigenvalue weighted by molar-refractivity contribution is 5.91. The van der Waals surface area contributed by atoms with Crippen molar-refractivity contribution < 1.29 is 34.5 Å². The fourth-order valence-electron chi connectivity index (χ4n) is 7.43. The number of halogens is 1. The number of carboxylic acids is 1. The summed E-state index contributed by atoms with van der Waals surface area (Å²) >= 11 is 0. The van der Waals surface area contributed by atoms with Crippen LogP contribution in [-0.2, 0) is 9.59 Å². The zero-order chi connectivity index (χ0) is 21.9. The second-order valence-electron chi connectivity index (χ2n) is 9.96. The second-order valence-corrected chi connectivity index (χ2v) is 9.96. The number of carbonyl (C=O) groups is 2. The molecule has 0 amide bonds. The third kappa shape index (κ3) is 2.59. The first-order valence-corrected chi connectivity index (χ1v) is 10.8. The SMILES string of the molecule is C[C@]12CCC(=O)C=C1CC[C@H]1[C@@H]3CC[C@@](O)(CCC(=O)O)[C@@]3(/C=N/O)C[C@H](O)[C@@]12F. The molecule has 3 fully saturated rings. The number of carboxylic acid groups (broad SMARTS) is 1. The normalized spacial score (nSPS) is 48.1. The van der Waals surface area contributed by atoms with Crippen LogP contribution in [0.3, 0.4) is 0 Å². The Hall–Kier alpha value is -1.80. The number of hydrogen-bond donors (Lipinski definition) is 4. The van der Waals surface area contributed by atoms with Gasteiger partial charge in [0.2, 0.25) is 0 Å². The summed E-state index contributed by atoms with van der Waals surface area (Å²) in [6.07, 6.45) is 3.10. The van der Waals surface area contributed by atoms with E-state index in [0.717, 1.165) is 5.57 Å². The van der Waals surface area contributed by atoms with Crippen molar-refractivity contribution in [3.05, 3.63) is 11.6 Å². The highest BCUT2D eigenvalue weighted by Gasteiger charge is 2.74. The number of nitrogens with zero attached hydrogens (tertiary/aromatic N) is 1. The molecule has 30 heavy (non-hydrogen) atoms. The molecule has 4 rings (SSSR count). The zero-order valence-electron chi connectivity index (χ0n) is 17.2. The molecule has 7 nitrogen and oxygen atoms in total. The number of fused-ring (bicyclic) bond motifs is 5. The molecule has 0 aromatic carbocycles. The van der Waals surface area contributed by atoms with Gasteiger partial charge < -0.3 is 20.5 Å². The number of oxime groups is 1. The van der Waals surface area contributed by atoms with Crippen molar-refractivity contribution in [2.75, 3.05) is 0 Å². The van der Waals surface area contributed by atoms with E-state index < -0.39 is 46.0 Å². The molecule has 4 aliphatic carbocycles. The Balaban J connectivity index is 1.79. The van der Waals surface area contributed by atoms with E-state index in [2.05, 4.69) is 5.16 Å². The summed E-state index contributed by atoms with van der Waals surface area (Å²) < 4.78 is 17.0. The molecule has 166 valence electrons. The highest BCUT2D eigenvalue weighted by Crippen LogP contribution is 2.70. The monoisotopic (exact) mass is 423 g/mol. The molecule has 0 heterocycles. The molecule has 0 aromatic heterocycles. The Bertz CT molecular complexity index is 828. The fraction of sp³-hybridized carbons (Fsp3) is 0.773. The molecule has 7 atom stereocenters. The quantitative estimate of drug-likeness (QED) is 0.313. The van der Waals surface area contributed by atoms with Crippen molar-refractivity contribution in [2.45, 2.75) is 82.1 Å². The Kier molecular flexibility index (Phi) is 4.90. The van der Waals surface area contributed by atoms with Crippen LogP contribution in [0.5, 0.6) is 0 Å². The molecular weight excluding hydrogens is 393 g/mol. The summed E-state index contributed by atoms with van der Waals surface area (Å²) in [5, 5.41) is 44.4. The summed E-state index contributed by atoms with van der Waals surface area (Å²) in [5.41, 5.74) is -4.87. The van der Waals surface area contributed by atoms with Crippen molar-refractivity contribution in [3.8, 4) is 0 Å². The van der Waals surface area contributed by atoms with E-state index in [1.807, 2.05) is 0 Å². The van der Waals surface area contributed by atoms with Crippen molar-refractivity contribution in [1.29, 1.82) is 0 Å². The lowest BCUT2D eigenvalue weighted by Crippen LogP contribution is -2.69. The Morgan fingerprint density at radius 2 is 2.03 bits per heavy atom. The Morgan fingerprint density at radius 3 is 2.70 bits per heavy atom. The molecule has 4 N–H and O–H groups in total. The molecule has 3 saturated carbocycles. The van der Waals surface area contributed by atoms with Gasteiger partial charge in [-0.05, 0) is 56.9 Å². The molecular formula is C22H30FNO6. The number of ketones is 1. The van der Waals surface area contributed by atoms with Gasteiger partial charge in [-0.15, -0.1) is 5.16 Å². The Morgan fingerprint density at radius 1 is 1.30 bits per heavy atom. The van der Waals surface area contributed by atoms with E-state index in [1.54, 1.807) is 13.0 Å². The Labute approximate surface area is 174 Å². The number of alkyl halides is 1. The van der Waals surface area contributed by atoms with Crippen LogP contribution in [0.1, 0.15) is 64.7 Å². The minimum Gasteiger partial charge on any atom is -0.481 e. The molecule has 0 radical (unpaired) electrons. The summed E-state index contributed by atoms with van der Waals surface area (Å²) in [4.78, 5) is 23.1. The number of rotatable bonds is 4. The van der Waals surface area contributed by atoms with E-state index in [4.69, 9.17) is 5.11 Å². The van der Waals surface area contributed by atoms with Crippen LogP contribution in [0.15, 0.2) is 16.8 Å². The van der Waals surface area contributed by atoms with E-state index >= 15 is 4.39 Å². The first-order valence-electron chi connectivity index (χ1n) is 10.8. The van der Waals surface area contributed by atoms with Gasteiger partial charge >= 0.3 is 5.97 Å². The van der Waals surface area contributed by atoms with Crippen LogP contribution >= 0.6 is 0 Å². The topological polar surface area (TPSA) is 127 Å². The van der Waals surface area contributed by atoms with E-state index in [1.165, 1.54) is 6.21 Å². The van der Waals surface area contributed by atoms with Crippen molar-refractivity contribution in [2.24, 2.45) is 27.8 Å². The van der Waals surface area contributed by atoms with E-state index in [9.17, 15) is 25.0 Å². The molecule has 0 unspecified atom stereocenters. The van der Waals surface area contributed by atoms with Gasteiger partial charge in [-0.25, -0.2) is 4.39 Å².